The van der Waals surface area contributed by atoms with Crippen LogP contribution in [0.15, 0.2) is 42.9 Å². The lowest BCUT2D eigenvalue weighted by Crippen LogP contribution is -2.11. The molecule has 0 bridgehead atoms. The summed E-state index contributed by atoms with van der Waals surface area (Å²) in [5.74, 6) is -0.608. The Morgan fingerprint density at radius 2 is 2.16 bits per heavy atom. The second-order valence-electron chi connectivity index (χ2n) is 4.02. The van der Waals surface area contributed by atoms with Gasteiger partial charge >= 0.3 is 5.97 Å². The van der Waals surface area contributed by atoms with E-state index in [1.807, 2.05) is 18.2 Å². The fraction of sp³-hybridized carbons (Fsp3) is 0.214. The zero-order chi connectivity index (χ0) is 13.7. The highest BCUT2D eigenvalue weighted by Gasteiger charge is 2.22. The van der Waals surface area contributed by atoms with Crippen LogP contribution in [0.3, 0.4) is 0 Å². The number of carbonyl (C=O) groups is 1. The number of nitrogens with zero attached hydrogens (tertiary/aromatic N) is 2. The number of aromatic nitrogens is 2. The molecule has 1 unspecified atom stereocenters. The highest BCUT2D eigenvalue weighted by atomic mass is 16.5. The molecule has 19 heavy (non-hydrogen) atoms. The van der Waals surface area contributed by atoms with E-state index in [9.17, 15) is 4.79 Å². The number of hydrogen-bond donors (Lipinski definition) is 1. The molecule has 5 heteroatoms. The Morgan fingerprint density at radius 3 is 2.79 bits per heavy atom. The summed E-state index contributed by atoms with van der Waals surface area (Å²) in [5.41, 5.74) is 1.42. The number of hydrogen-bond acceptors (Lipinski definition) is 4. The molecule has 5 nitrogen and oxygen atoms in total. The van der Waals surface area contributed by atoms with Gasteiger partial charge in [0.25, 0.3) is 0 Å². The first-order chi connectivity index (χ1) is 9.22. The zero-order valence-electron chi connectivity index (χ0n) is 10.5. The molecule has 1 aromatic carbocycles. The van der Waals surface area contributed by atoms with Crippen LogP contribution in [0.1, 0.15) is 23.6 Å². The minimum atomic E-state index is -0.887. The lowest BCUT2D eigenvalue weighted by molar-refractivity contribution is -0.137. The summed E-state index contributed by atoms with van der Waals surface area (Å²) in [6.07, 6.45) is 4.64. The van der Waals surface area contributed by atoms with Crippen LogP contribution in [0.2, 0.25) is 0 Å². The Balaban J connectivity index is 2.46. The molecule has 0 aliphatic heterocycles. The first kappa shape index (κ1) is 13.0. The van der Waals surface area contributed by atoms with Crippen molar-refractivity contribution in [2.24, 2.45) is 0 Å². The standard InChI is InChI=1S/C14H14N2O3/c1-19-13-5-3-2-4-10(13)11(8-14(17)18)12-9-15-6-7-16-12/h2-7,9,11H,8H2,1H3,(H,17,18). The van der Waals surface area contributed by atoms with Crippen molar-refractivity contribution in [3.8, 4) is 5.75 Å². The van der Waals surface area contributed by atoms with Crippen molar-refractivity contribution in [3.05, 3.63) is 54.1 Å². The van der Waals surface area contributed by atoms with Gasteiger partial charge in [-0.15, -0.1) is 0 Å². The molecule has 1 aromatic heterocycles. The normalized spacial score (nSPS) is 11.8. The van der Waals surface area contributed by atoms with Gasteiger partial charge in [0.2, 0.25) is 0 Å². The molecule has 2 aromatic rings. The fourth-order valence-corrected chi connectivity index (χ4v) is 1.99. The van der Waals surface area contributed by atoms with Gasteiger partial charge in [0.1, 0.15) is 5.75 Å². The van der Waals surface area contributed by atoms with Crippen molar-refractivity contribution < 1.29 is 14.6 Å². The van der Waals surface area contributed by atoms with Gasteiger partial charge in [-0.2, -0.15) is 0 Å². The number of ether oxygens (including phenoxy) is 1. The maximum absolute atomic E-state index is 11.1. The van der Waals surface area contributed by atoms with E-state index in [2.05, 4.69) is 9.97 Å². The second kappa shape index (κ2) is 5.95. The topological polar surface area (TPSA) is 72.3 Å². The monoisotopic (exact) mass is 258 g/mol. The molecule has 98 valence electrons. The van der Waals surface area contributed by atoms with Gasteiger partial charge < -0.3 is 9.84 Å². The Hall–Kier alpha value is -2.43. The zero-order valence-corrected chi connectivity index (χ0v) is 10.5. The van der Waals surface area contributed by atoms with E-state index in [0.717, 1.165) is 5.56 Å². The maximum Gasteiger partial charge on any atom is 0.304 e. The van der Waals surface area contributed by atoms with Crippen LogP contribution >= 0.6 is 0 Å². The minimum absolute atomic E-state index is 0.0565. The average Bonchev–Trinajstić information content (AvgIpc) is 2.45. The lowest BCUT2D eigenvalue weighted by atomic mass is 9.92. The van der Waals surface area contributed by atoms with Crippen molar-refractivity contribution in [1.82, 2.24) is 9.97 Å². The van der Waals surface area contributed by atoms with Crippen LogP contribution in [0.4, 0.5) is 0 Å². The summed E-state index contributed by atoms with van der Waals surface area (Å²) in [6.45, 7) is 0. The second-order valence-corrected chi connectivity index (χ2v) is 4.02. The SMILES string of the molecule is COc1ccccc1C(CC(=O)O)c1cnccn1. The first-order valence-electron chi connectivity index (χ1n) is 5.83. The van der Waals surface area contributed by atoms with Gasteiger partial charge in [0.05, 0.1) is 19.2 Å². The smallest absolute Gasteiger partial charge is 0.304 e. The van der Waals surface area contributed by atoms with Crippen molar-refractivity contribution in [3.63, 3.8) is 0 Å². The Morgan fingerprint density at radius 1 is 1.37 bits per heavy atom. The molecule has 1 N–H and O–H groups in total. The molecular weight excluding hydrogens is 244 g/mol. The van der Waals surface area contributed by atoms with Gasteiger partial charge in [0.15, 0.2) is 0 Å². The van der Waals surface area contributed by atoms with Gasteiger partial charge in [-0.05, 0) is 6.07 Å². The summed E-state index contributed by atoms with van der Waals surface area (Å²) in [6, 6.07) is 7.35. The molecule has 0 aliphatic carbocycles. The molecule has 0 radical (unpaired) electrons. The number of para-hydroxylation sites is 1. The van der Waals surface area contributed by atoms with E-state index in [1.165, 1.54) is 0 Å². The van der Waals surface area contributed by atoms with Crippen molar-refractivity contribution >= 4 is 5.97 Å². The van der Waals surface area contributed by atoms with Crippen LogP contribution in [-0.2, 0) is 4.79 Å². The lowest BCUT2D eigenvalue weighted by Gasteiger charge is -2.17. The third-order valence-electron chi connectivity index (χ3n) is 2.83. The molecule has 0 spiro atoms. The third-order valence-corrected chi connectivity index (χ3v) is 2.83. The van der Waals surface area contributed by atoms with Crippen molar-refractivity contribution in [2.75, 3.05) is 7.11 Å². The van der Waals surface area contributed by atoms with Crippen LogP contribution in [-0.4, -0.2) is 28.2 Å². The molecule has 0 amide bonds. The van der Waals surface area contributed by atoms with Crippen LogP contribution < -0.4 is 4.74 Å². The van der Waals surface area contributed by atoms with Gasteiger partial charge in [-0.1, -0.05) is 18.2 Å². The number of benzene rings is 1. The number of rotatable bonds is 5. The summed E-state index contributed by atoms with van der Waals surface area (Å²) < 4.78 is 5.29. The predicted molar refractivity (Wildman–Crippen MR) is 69.1 cm³/mol. The van der Waals surface area contributed by atoms with Gasteiger partial charge in [0, 0.05) is 30.1 Å². The molecule has 1 atom stereocenters. The molecule has 0 saturated carbocycles. The van der Waals surface area contributed by atoms with Crippen molar-refractivity contribution in [1.29, 1.82) is 0 Å². The summed E-state index contributed by atoms with van der Waals surface area (Å²) in [5, 5.41) is 9.08. The fourth-order valence-electron chi connectivity index (χ4n) is 1.99. The Bertz CT molecular complexity index is 558. The highest BCUT2D eigenvalue weighted by Crippen LogP contribution is 2.32. The number of carboxylic acid groups (broad SMARTS) is 1. The largest absolute Gasteiger partial charge is 0.496 e. The minimum Gasteiger partial charge on any atom is -0.496 e. The molecule has 2 rings (SSSR count). The molecule has 0 aliphatic rings. The van der Waals surface area contributed by atoms with E-state index >= 15 is 0 Å². The van der Waals surface area contributed by atoms with E-state index in [4.69, 9.17) is 9.84 Å². The summed E-state index contributed by atoms with van der Waals surface area (Å²) in [4.78, 5) is 19.3. The molecule has 1 heterocycles. The number of aliphatic carboxylic acids is 1. The Labute approximate surface area is 110 Å². The van der Waals surface area contributed by atoms with Gasteiger partial charge in [-0.25, -0.2) is 0 Å². The summed E-state index contributed by atoms with van der Waals surface area (Å²) >= 11 is 0. The van der Waals surface area contributed by atoms with E-state index in [0.29, 0.717) is 11.4 Å². The molecule has 0 saturated heterocycles. The third kappa shape index (κ3) is 3.07. The van der Waals surface area contributed by atoms with Crippen LogP contribution in [0.25, 0.3) is 0 Å². The van der Waals surface area contributed by atoms with Crippen molar-refractivity contribution in [2.45, 2.75) is 12.3 Å². The average molecular weight is 258 g/mol. The van der Waals surface area contributed by atoms with Crippen LogP contribution in [0, 0.1) is 0 Å². The van der Waals surface area contributed by atoms with E-state index in [-0.39, 0.29) is 12.3 Å². The summed E-state index contributed by atoms with van der Waals surface area (Å²) in [7, 11) is 1.56. The van der Waals surface area contributed by atoms with Gasteiger partial charge in [-0.3, -0.25) is 14.8 Å². The quantitative estimate of drug-likeness (QED) is 0.889. The number of methoxy groups -OCH3 is 1. The predicted octanol–water partition coefficient (Wildman–Crippen LogP) is 2.09. The highest BCUT2D eigenvalue weighted by molar-refractivity contribution is 5.69. The Kier molecular flexibility index (Phi) is 4.07. The van der Waals surface area contributed by atoms with E-state index in [1.54, 1.807) is 31.8 Å². The molecular formula is C14H14N2O3. The first-order valence-corrected chi connectivity index (χ1v) is 5.83. The van der Waals surface area contributed by atoms with E-state index < -0.39 is 5.97 Å². The molecule has 0 fully saturated rings. The number of carboxylic acids is 1. The van der Waals surface area contributed by atoms with Crippen LogP contribution in [0.5, 0.6) is 5.75 Å². The maximum atomic E-state index is 11.1.